The average Bonchev–Trinajstić information content (AvgIpc) is 2.58. The molecular weight excluding hydrogens is 372 g/mol. The Balaban J connectivity index is 2.18. The van der Waals surface area contributed by atoms with Crippen molar-refractivity contribution in [1.29, 1.82) is 0 Å². The van der Waals surface area contributed by atoms with E-state index in [0.717, 1.165) is 40.5 Å². The lowest BCUT2D eigenvalue weighted by Gasteiger charge is -2.18. The van der Waals surface area contributed by atoms with E-state index >= 15 is 0 Å². The fourth-order valence-electron chi connectivity index (χ4n) is 2.19. The summed E-state index contributed by atoms with van der Waals surface area (Å²) in [6, 6.07) is 8.36. The van der Waals surface area contributed by atoms with Crippen LogP contribution in [0.2, 0.25) is 0 Å². The Morgan fingerprint density at radius 2 is 2.22 bits per heavy atom. The van der Waals surface area contributed by atoms with Crippen molar-refractivity contribution in [2.24, 2.45) is 4.99 Å². The van der Waals surface area contributed by atoms with E-state index in [2.05, 4.69) is 57.6 Å². The highest BCUT2D eigenvalue weighted by molar-refractivity contribution is 9.11. The number of amidine groups is 1. The van der Waals surface area contributed by atoms with Gasteiger partial charge in [-0.3, -0.25) is 4.99 Å². The van der Waals surface area contributed by atoms with Crippen LogP contribution in [0.15, 0.2) is 63.6 Å². The zero-order chi connectivity index (χ0) is 16.7. The molecular formula is C18H21BrN2OS. The molecule has 5 heteroatoms. The normalized spacial score (nSPS) is 14.7. The molecule has 0 aromatic heterocycles. The van der Waals surface area contributed by atoms with Crippen LogP contribution >= 0.6 is 27.7 Å². The molecule has 23 heavy (non-hydrogen) atoms. The van der Waals surface area contributed by atoms with Gasteiger partial charge < -0.3 is 10.1 Å². The minimum Gasteiger partial charge on any atom is -0.496 e. The smallest absolute Gasteiger partial charge is 0.128 e. The molecule has 0 fully saturated rings. The van der Waals surface area contributed by atoms with Crippen molar-refractivity contribution in [3.8, 4) is 0 Å². The van der Waals surface area contributed by atoms with E-state index < -0.39 is 0 Å². The molecule has 0 atom stereocenters. The molecule has 1 aromatic rings. The molecule has 1 aliphatic heterocycles. The van der Waals surface area contributed by atoms with E-state index in [1.807, 2.05) is 12.1 Å². The molecule has 0 saturated heterocycles. The molecule has 0 unspecified atom stereocenters. The maximum atomic E-state index is 5.27. The van der Waals surface area contributed by atoms with Crippen LogP contribution in [0.5, 0.6) is 0 Å². The molecule has 0 spiro atoms. The molecule has 1 heterocycles. The van der Waals surface area contributed by atoms with Crippen molar-refractivity contribution < 1.29 is 4.74 Å². The van der Waals surface area contributed by atoms with E-state index in [-0.39, 0.29) is 0 Å². The number of aliphatic imine (C=N–C) groups is 1. The molecule has 0 amide bonds. The second-order valence-corrected chi connectivity index (χ2v) is 7.07. The van der Waals surface area contributed by atoms with Gasteiger partial charge in [0.1, 0.15) is 11.6 Å². The first kappa shape index (κ1) is 17.9. The van der Waals surface area contributed by atoms with Gasteiger partial charge in [0.15, 0.2) is 0 Å². The molecule has 1 aromatic carbocycles. The molecule has 2 rings (SSSR count). The van der Waals surface area contributed by atoms with Gasteiger partial charge in [-0.1, -0.05) is 53.4 Å². The molecule has 0 radical (unpaired) electrons. The molecule has 0 aliphatic carbocycles. The lowest BCUT2D eigenvalue weighted by atomic mass is 10.1. The zero-order valence-corrected chi connectivity index (χ0v) is 15.7. The molecule has 1 aliphatic rings. The lowest BCUT2D eigenvalue weighted by molar-refractivity contribution is 0.307. The molecule has 0 saturated carbocycles. The monoisotopic (exact) mass is 392 g/mol. The first-order valence-corrected chi connectivity index (χ1v) is 9.18. The third kappa shape index (κ3) is 5.29. The summed E-state index contributed by atoms with van der Waals surface area (Å²) in [5.74, 6) is 2.44. The molecule has 122 valence electrons. The standard InChI is InChI=1S/C18H21BrN2OS/c1-13(19)11-17(14(2)22-3)23-12-15-7-4-5-8-16(15)18-20-9-6-10-21-18/h4-5,7-8,11H,1-2,6,9-10,12H2,3H3,(H,20,21)/b17-11+. The molecule has 0 bridgehead atoms. The highest BCUT2D eigenvalue weighted by Crippen LogP contribution is 2.30. The van der Waals surface area contributed by atoms with Crippen LogP contribution < -0.4 is 5.32 Å². The fourth-order valence-corrected chi connectivity index (χ4v) is 3.60. The predicted molar refractivity (Wildman–Crippen MR) is 104 cm³/mol. The number of ether oxygens (including phenoxy) is 1. The van der Waals surface area contributed by atoms with Crippen molar-refractivity contribution in [1.82, 2.24) is 5.32 Å². The van der Waals surface area contributed by atoms with Crippen LogP contribution in [0.4, 0.5) is 0 Å². The minimum atomic E-state index is 0.640. The van der Waals surface area contributed by atoms with Gasteiger partial charge in [0.25, 0.3) is 0 Å². The van der Waals surface area contributed by atoms with Crippen molar-refractivity contribution in [2.45, 2.75) is 12.2 Å². The van der Waals surface area contributed by atoms with E-state index in [9.17, 15) is 0 Å². The Bertz CT molecular complexity index is 652. The first-order valence-electron chi connectivity index (χ1n) is 7.40. The summed E-state index contributed by atoms with van der Waals surface area (Å²) in [6.45, 7) is 9.67. The Kier molecular flexibility index (Phi) is 6.99. The summed E-state index contributed by atoms with van der Waals surface area (Å²) in [5, 5.41) is 3.39. The number of allylic oxidation sites excluding steroid dienone is 2. The van der Waals surface area contributed by atoms with Gasteiger partial charge in [-0.2, -0.15) is 0 Å². The molecule has 1 N–H and O–H groups in total. The third-order valence-corrected chi connectivity index (χ3v) is 4.70. The Labute approximate surface area is 150 Å². The summed E-state index contributed by atoms with van der Waals surface area (Å²) >= 11 is 5.04. The second-order valence-electron chi connectivity index (χ2n) is 5.04. The van der Waals surface area contributed by atoms with Gasteiger partial charge in [0.05, 0.1) is 12.0 Å². The van der Waals surface area contributed by atoms with Crippen molar-refractivity contribution in [3.05, 3.63) is 69.8 Å². The predicted octanol–water partition coefficient (Wildman–Crippen LogP) is 4.61. The average molecular weight is 393 g/mol. The quantitative estimate of drug-likeness (QED) is 0.543. The van der Waals surface area contributed by atoms with Crippen molar-refractivity contribution in [2.75, 3.05) is 20.2 Å². The number of nitrogens with zero attached hydrogens (tertiary/aromatic N) is 1. The van der Waals surface area contributed by atoms with Crippen LogP contribution in [0.25, 0.3) is 0 Å². The van der Waals surface area contributed by atoms with E-state index in [4.69, 9.17) is 4.74 Å². The van der Waals surface area contributed by atoms with Crippen LogP contribution in [0.3, 0.4) is 0 Å². The van der Waals surface area contributed by atoms with Gasteiger partial charge in [0, 0.05) is 28.9 Å². The van der Waals surface area contributed by atoms with E-state index in [1.165, 1.54) is 11.1 Å². The SMILES string of the molecule is C=C(Br)/C=C(/SCc1ccccc1C1=NCCCN1)C(=C)OC. The van der Waals surface area contributed by atoms with Crippen molar-refractivity contribution in [3.63, 3.8) is 0 Å². The van der Waals surface area contributed by atoms with Gasteiger partial charge >= 0.3 is 0 Å². The second kappa shape index (κ2) is 8.99. The summed E-state index contributed by atoms with van der Waals surface area (Å²) < 4.78 is 6.06. The van der Waals surface area contributed by atoms with Gasteiger partial charge in [-0.25, -0.2) is 0 Å². The van der Waals surface area contributed by atoms with Crippen LogP contribution in [-0.4, -0.2) is 26.0 Å². The number of methoxy groups -OCH3 is 1. The number of thioether (sulfide) groups is 1. The lowest BCUT2D eigenvalue weighted by Crippen LogP contribution is -2.30. The molecule has 3 nitrogen and oxygen atoms in total. The summed E-state index contributed by atoms with van der Waals surface area (Å²) in [5.41, 5.74) is 2.40. The number of halogens is 1. The first-order chi connectivity index (χ1) is 11.1. The Morgan fingerprint density at radius 3 is 2.87 bits per heavy atom. The van der Waals surface area contributed by atoms with Crippen molar-refractivity contribution >= 4 is 33.5 Å². The number of hydrogen-bond donors (Lipinski definition) is 1. The largest absolute Gasteiger partial charge is 0.496 e. The van der Waals surface area contributed by atoms with E-state index in [0.29, 0.717) is 5.76 Å². The minimum absolute atomic E-state index is 0.640. The summed E-state index contributed by atoms with van der Waals surface area (Å²) in [6.07, 6.45) is 3.02. The number of hydrogen-bond acceptors (Lipinski definition) is 4. The van der Waals surface area contributed by atoms with Gasteiger partial charge in [0.2, 0.25) is 0 Å². The third-order valence-electron chi connectivity index (χ3n) is 3.36. The number of nitrogens with one attached hydrogen (secondary N) is 1. The Morgan fingerprint density at radius 1 is 1.43 bits per heavy atom. The number of rotatable bonds is 7. The summed E-state index contributed by atoms with van der Waals surface area (Å²) in [4.78, 5) is 5.57. The summed E-state index contributed by atoms with van der Waals surface area (Å²) in [7, 11) is 1.63. The van der Waals surface area contributed by atoms with Crippen LogP contribution in [0.1, 0.15) is 17.5 Å². The van der Waals surface area contributed by atoms with Crippen LogP contribution in [0, 0.1) is 0 Å². The maximum absolute atomic E-state index is 5.27. The highest BCUT2D eigenvalue weighted by Gasteiger charge is 2.13. The van der Waals surface area contributed by atoms with E-state index in [1.54, 1.807) is 18.9 Å². The van der Waals surface area contributed by atoms with Crippen LogP contribution in [-0.2, 0) is 10.5 Å². The van der Waals surface area contributed by atoms with Gasteiger partial charge in [-0.15, -0.1) is 11.8 Å². The van der Waals surface area contributed by atoms with Gasteiger partial charge in [-0.05, 0) is 18.1 Å². The zero-order valence-electron chi connectivity index (χ0n) is 13.3. The fraction of sp³-hybridized carbons (Fsp3) is 0.278. The highest BCUT2D eigenvalue weighted by atomic mass is 79.9. The topological polar surface area (TPSA) is 33.6 Å². The number of benzene rings is 1. The maximum Gasteiger partial charge on any atom is 0.128 e. The Hall–Kier alpha value is -1.46.